The molecule has 1 heterocycles. The average Bonchev–Trinajstić information content (AvgIpc) is 2.84. The van der Waals surface area contributed by atoms with Crippen molar-refractivity contribution in [2.24, 2.45) is 0 Å². The Balaban J connectivity index is 2.05. The lowest BCUT2D eigenvalue weighted by molar-refractivity contribution is -0.137. The van der Waals surface area contributed by atoms with Crippen molar-refractivity contribution in [3.05, 3.63) is 24.3 Å². The molecule has 1 aromatic carbocycles. The topological polar surface area (TPSA) is 104 Å². The fraction of sp³-hybridized carbons (Fsp3) is 0.250. The molecule has 20 heavy (non-hydrogen) atoms. The third-order valence-corrected chi connectivity index (χ3v) is 2.87. The zero-order chi connectivity index (χ0) is 14.5. The number of carbonyl (C=O) groups is 2. The van der Waals surface area contributed by atoms with Crippen LogP contribution in [-0.4, -0.2) is 40.3 Å². The van der Waals surface area contributed by atoms with Gasteiger partial charge in [-0.05, 0) is 12.1 Å². The summed E-state index contributed by atoms with van der Waals surface area (Å²) in [7, 11) is 0. The van der Waals surface area contributed by atoms with Crippen molar-refractivity contribution >= 4 is 41.6 Å². The fourth-order valence-electron chi connectivity index (χ4n) is 1.56. The van der Waals surface area contributed by atoms with Crippen LogP contribution in [0.4, 0.5) is 6.01 Å². The largest absolute Gasteiger partial charge is 0.480 e. The van der Waals surface area contributed by atoms with Crippen molar-refractivity contribution in [1.29, 1.82) is 0 Å². The van der Waals surface area contributed by atoms with Gasteiger partial charge in [0.2, 0.25) is 5.91 Å². The number of carbonyl (C=O) groups excluding carboxylic acids is 1. The second kappa shape index (κ2) is 6.29. The van der Waals surface area contributed by atoms with Gasteiger partial charge in [0, 0.05) is 5.75 Å². The first kappa shape index (κ1) is 14.2. The fourth-order valence-corrected chi connectivity index (χ4v) is 1.82. The number of fused-ring (bicyclic) bond motifs is 1. The highest BCUT2D eigenvalue weighted by molar-refractivity contribution is 7.80. The van der Waals surface area contributed by atoms with Crippen LogP contribution in [-0.2, 0) is 9.59 Å². The molecule has 0 aliphatic rings. The Kier molecular flexibility index (Phi) is 4.46. The molecule has 0 bridgehead atoms. The molecule has 0 aliphatic carbocycles. The van der Waals surface area contributed by atoms with Crippen molar-refractivity contribution < 1.29 is 19.1 Å². The van der Waals surface area contributed by atoms with Crippen LogP contribution >= 0.6 is 12.6 Å². The Hall–Kier alpha value is -2.22. The van der Waals surface area contributed by atoms with Crippen LogP contribution in [0.15, 0.2) is 28.7 Å². The normalized spacial score (nSPS) is 12.1. The van der Waals surface area contributed by atoms with E-state index in [0.29, 0.717) is 11.1 Å². The summed E-state index contributed by atoms with van der Waals surface area (Å²) in [5.74, 6) is -1.42. The van der Waals surface area contributed by atoms with Crippen LogP contribution in [0.2, 0.25) is 0 Å². The van der Waals surface area contributed by atoms with E-state index in [1.807, 2.05) is 12.1 Å². The second-order valence-electron chi connectivity index (χ2n) is 3.98. The summed E-state index contributed by atoms with van der Waals surface area (Å²) in [6.45, 7) is -0.446. The number of para-hydroxylation sites is 2. The molecule has 106 valence electrons. The smallest absolute Gasteiger partial charge is 0.322 e. The highest BCUT2D eigenvalue weighted by Crippen LogP contribution is 2.18. The van der Waals surface area contributed by atoms with Gasteiger partial charge in [-0.25, -0.2) is 0 Å². The Labute approximate surface area is 119 Å². The molecule has 1 atom stereocenters. The van der Waals surface area contributed by atoms with E-state index in [4.69, 9.17) is 9.52 Å². The number of nitrogens with zero attached hydrogens (tertiary/aromatic N) is 1. The SMILES string of the molecule is O=C(O)CNC(=O)[C@H](CS)Nc1nc2ccccc2o1. The lowest BCUT2D eigenvalue weighted by Crippen LogP contribution is -2.42. The summed E-state index contributed by atoms with van der Waals surface area (Å²) >= 11 is 4.05. The molecule has 1 amide bonds. The van der Waals surface area contributed by atoms with Crippen LogP contribution in [0.25, 0.3) is 11.1 Å². The minimum Gasteiger partial charge on any atom is -0.480 e. The lowest BCUT2D eigenvalue weighted by Gasteiger charge is -2.13. The molecule has 2 aromatic rings. The quantitative estimate of drug-likeness (QED) is 0.586. The van der Waals surface area contributed by atoms with E-state index < -0.39 is 24.5 Å². The number of nitrogens with one attached hydrogen (secondary N) is 2. The molecule has 0 saturated carbocycles. The van der Waals surface area contributed by atoms with E-state index in [0.717, 1.165) is 0 Å². The highest BCUT2D eigenvalue weighted by atomic mass is 32.1. The number of carboxylic acid groups (broad SMARTS) is 1. The van der Waals surface area contributed by atoms with Gasteiger partial charge >= 0.3 is 5.97 Å². The number of aliphatic carboxylic acids is 1. The third-order valence-electron chi connectivity index (χ3n) is 2.50. The maximum atomic E-state index is 11.7. The number of hydrogen-bond donors (Lipinski definition) is 4. The first-order valence-corrected chi connectivity index (χ1v) is 6.46. The van der Waals surface area contributed by atoms with Crippen molar-refractivity contribution in [2.45, 2.75) is 6.04 Å². The third kappa shape index (κ3) is 3.41. The van der Waals surface area contributed by atoms with E-state index in [1.54, 1.807) is 12.1 Å². The van der Waals surface area contributed by atoms with E-state index >= 15 is 0 Å². The molecule has 2 rings (SSSR count). The standard InChI is InChI=1S/C12H13N3O4S/c16-10(17)5-13-11(18)8(6-20)15-12-14-7-3-1-2-4-9(7)19-12/h1-4,8,20H,5-6H2,(H,13,18)(H,14,15)(H,16,17)/t8-/m0/s1. The number of carboxylic acids is 1. The van der Waals surface area contributed by atoms with E-state index in [2.05, 4.69) is 28.2 Å². The second-order valence-corrected chi connectivity index (χ2v) is 4.34. The molecule has 0 radical (unpaired) electrons. The molecule has 0 saturated heterocycles. The van der Waals surface area contributed by atoms with Gasteiger partial charge in [-0.15, -0.1) is 0 Å². The molecule has 7 nitrogen and oxygen atoms in total. The molecular formula is C12H13N3O4S. The minimum absolute atomic E-state index is 0.171. The summed E-state index contributed by atoms with van der Waals surface area (Å²) in [4.78, 5) is 26.3. The average molecular weight is 295 g/mol. The van der Waals surface area contributed by atoms with Gasteiger partial charge in [0.1, 0.15) is 18.1 Å². The van der Waals surface area contributed by atoms with Gasteiger partial charge in [-0.2, -0.15) is 17.6 Å². The maximum absolute atomic E-state index is 11.7. The first-order chi connectivity index (χ1) is 9.60. The monoisotopic (exact) mass is 295 g/mol. The Morgan fingerprint density at radius 2 is 2.15 bits per heavy atom. The predicted molar refractivity (Wildman–Crippen MR) is 75.9 cm³/mol. The van der Waals surface area contributed by atoms with E-state index in [9.17, 15) is 9.59 Å². The molecule has 0 spiro atoms. The molecule has 0 aliphatic heterocycles. The van der Waals surface area contributed by atoms with Crippen LogP contribution in [0, 0.1) is 0 Å². The Bertz CT molecular complexity index is 595. The summed E-state index contributed by atoms with van der Waals surface area (Å²) in [6.07, 6.45) is 0. The zero-order valence-electron chi connectivity index (χ0n) is 10.4. The Morgan fingerprint density at radius 3 is 2.80 bits per heavy atom. The van der Waals surface area contributed by atoms with Crippen LogP contribution in [0.5, 0.6) is 0 Å². The molecule has 0 fully saturated rings. The van der Waals surface area contributed by atoms with Gasteiger partial charge in [0.15, 0.2) is 5.58 Å². The predicted octanol–water partition coefficient (Wildman–Crippen LogP) is 0.739. The van der Waals surface area contributed by atoms with Crippen LogP contribution in [0.1, 0.15) is 0 Å². The number of rotatable bonds is 6. The first-order valence-electron chi connectivity index (χ1n) is 5.82. The van der Waals surface area contributed by atoms with Crippen molar-refractivity contribution in [3.8, 4) is 0 Å². The number of anilines is 1. The summed E-state index contributed by atoms with van der Waals surface area (Å²) < 4.78 is 5.42. The van der Waals surface area contributed by atoms with Crippen LogP contribution < -0.4 is 10.6 Å². The molecule has 0 unspecified atom stereocenters. The van der Waals surface area contributed by atoms with E-state index in [1.165, 1.54) is 0 Å². The van der Waals surface area contributed by atoms with Gasteiger partial charge < -0.3 is 20.2 Å². The molecular weight excluding hydrogens is 282 g/mol. The number of hydrogen-bond acceptors (Lipinski definition) is 6. The number of benzene rings is 1. The minimum atomic E-state index is -1.11. The number of thiol groups is 1. The summed E-state index contributed by atoms with van der Waals surface area (Å²) in [5, 5.41) is 13.6. The van der Waals surface area contributed by atoms with Crippen LogP contribution in [0.3, 0.4) is 0 Å². The Morgan fingerprint density at radius 1 is 1.40 bits per heavy atom. The van der Waals surface area contributed by atoms with Gasteiger partial charge in [-0.3, -0.25) is 9.59 Å². The van der Waals surface area contributed by atoms with Gasteiger partial charge in [-0.1, -0.05) is 12.1 Å². The lowest BCUT2D eigenvalue weighted by atomic mass is 10.3. The summed E-state index contributed by atoms with van der Waals surface area (Å²) in [6, 6.07) is 6.64. The number of amides is 1. The molecule has 8 heteroatoms. The number of oxazole rings is 1. The summed E-state index contributed by atoms with van der Waals surface area (Å²) in [5.41, 5.74) is 1.26. The van der Waals surface area contributed by atoms with Gasteiger partial charge in [0.05, 0.1) is 0 Å². The molecule has 1 aromatic heterocycles. The van der Waals surface area contributed by atoms with Crippen molar-refractivity contribution in [1.82, 2.24) is 10.3 Å². The number of aromatic nitrogens is 1. The highest BCUT2D eigenvalue weighted by Gasteiger charge is 2.19. The van der Waals surface area contributed by atoms with Crippen molar-refractivity contribution in [2.75, 3.05) is 17.6 Å². The van der Waals surface area contributed by atoms with Gasteiger partial charge in [0.25, 0.3) is 6.01 Å². The van der Waals surface area contributed by atoms with Crippen molar-refractivity contribution in [3.63, 3.8) is 0 Å². The van der Waals surface area contributed by atoms with E-state index in [-0.39, 0.29) is 11.8 Å². The zero-order valence-corrected chi connectivity index (χ0v) is 11.3. The maximum Gasteiger partial charge on any atom is 0.322 e. The molecule has 3 N–H and O–H groups in total.